The van der Waals surface area contributed by atoms with Gasteiger partial charge in [0, 0.05) is 23.4 Å². The van der Waals surface area contributed by atoms with Crippen molar-refractivity contribution in [1.29, 1.82) is 5.26 Å². The van der Waals surface area contributed by atoms with Crippen molar-refractivity contribution in [3.63, 3.8) is 0 Å². The van der Waals surface area contributed by atoms with Gasteiger partial charge >= 0.3 is 6.03 Å². The summed E-state index contributed by atoms with van der Waals surface area (Å²) in [4.78, 5) is 13.8. The second-order valence-electron chi connectivity index (χ2n) is 8.09. The molecule has 1 saturated carbocycles. The molecule has 3 atom stereocenters. The van der Waals surface area contributed by atoms with Crippen LogP contribution < -0.4 is 5.32 Å². The predicted molar refractivity (Wildman–Crippen MR) is 108 cm³/mol. The van der Waals surface area contributed by atoms with Crippen LogP contribution in [0.3, 0.4) is 0 Å². The third kappa shape index (κ3) is 4.32. The van der Waals surface area contributed by atoms with Crippen molar-refractivity contribution < 1.29 is 9.90 Å². The molecule has 0 aromatic heterocycles. The topological polar surface area (TPSA) is 76.4 Å². The van der Waals surface area contributed by atoms with Crippen LogP contribution in [0.5, 0.6) is 0 Å². The molecule has 0 spiro atoms. The minimum Gasteiger partial charge on any atom is -0.394 e. The average Bonchev–Trinajstić information content (AvgIpc) is 2.67. The predicted octanol–water partition coefficient (Wildman–Crippen LogP) is 3.39. The van der Waals surface area contributed by atoms with Gasteiger partial charge in [0.25, 0.3) is 0 Å². The summed E-state index contributed by atoms with van der Waals surface area (Å²) in [6.45, 7) is 3.58. The monoisotopic (exact) mass is 379 g/mol. The van der Waals surface area contributed by atoms with Crippen LogP contribution in [0, 0.1) is 29.1 Å². The van der Waals surface area contributed by atoms with Crippen LogP contribution in [-0.2, 0) is 0 Å². The molecule has 5 heteroatoms. The molecule has 1 heterocycles. The van der Waals surface area contributed by atoms with Crippen LogP contribution >= 0.6 is 0 Å². The second kappa shape index (κ2) is 9.13. The van der Waals surface area contributed by atoms with Gasteiger partial charge in [-0.25, -0.2) is 4.79 Å². The molecule has 2 fully saturated rings. The van der Waals surface area contributed by atoms with Crippen LogP contribution in [0.15, 0.2) is 24.3 Å². The molecule has 0 radical (unpaired) electrons. The van der Waals surface area contributed by atoms with E-state index in [-0.39, 0.29) is 30.6 Å². The molecule has 1 saturated heterocycles. The lowest BCUT2D eigenvalue weighted by atomic mass is 9.76. The fourth-order valence-electron chi connectivity index (χ4n) is 4.23. The first-order valence-corrected chi connectivity index (χ1v) is 10.3. The van der Waals surface area contributed by atoms with E-state index in [9.17, 15) is 15.2 Å². The third-order valence-corrected chi connectivity index (χ3v) is 5.70. The minimum atomic E-state index is -0.574. The Balaban J connectivity index is 1.71. The van der Waals surface area contributed by atoms with Gasteiger partial charge in [0.15, 0.2) is 0 Å². The molecule has 2 amide bonds. The fraction of sp³-hybridized carbons (Fsp3) is 0.565. The standard InChI is InChI=1S/C23H29N3O2/c1-16(2)25-23(28)26-20(14-24)22(21(26)15-27)19-12-10-18(11-13-19)9-8-17-6-4-3-5-7-17/h10-13,16-17,20-22,27H,3-7,15H2,1-2H3,(H,25,28)/t20-,21+,22+/m1/s1. The highest BCUT2D eigenvalue weighted by Gasteiger charge is 2.51. The maximum Gasteiger partial charge on any atom is 0.319 e. The summed E-state index contributed by atoms with van der Waals surface area (Å²) in [6, 6.07) is 8.85. The van der Waals surface area contributed by atoms with Crippen LogP contribution in [0.2, 0.25) is 0 Å². The quantitative estimate of drug-likeness (QED) is 0.791. The Morgan fingerprint density at radius 2 is 1.93 bits per heavy atom. The van der Waals surface area contributed by atoms with Crippen molar-refractivity contribution in [1.82, 2.24) is 10.2 Å². The molecule has 28 heavy (non-hydrogen) atoms. The smallest absolute Gasteiger partial charge is 0.319 e. The number of likely N-dealkylation sites (tertiary alicyclic amines) is 1. The molecule has 5 nitrogen and oxygen atoms in total. The van der Waals surface area contributed by atoms with Crippen molar-refractivity contribution in [2.75, 3.05) is 6.61 Å². The first-order valence-electron chi connectivity index (χ1n) is 10.3. The second-order valence-corrected chi connectivity index (χ2v) is 8.09. The summed E-state index contributed by atoms with van der Waals surface area (Å²) in [5, 5.41) is 22.2. The molecule has 2 N–H and O–H groups in total. The number of aliphatic hydroxyl groups is 1. The van der Waals surface area contributed by atoms with E-state index < -0.39 is 6.04 Å². The van der Waals surface area contributed by atoms with Crippen molar-refractivity contribution in [2.45, 2.75) is 70.0 Å². The molecular weight excluding hydrogens is 350 g/mol. The van der Waals surface area contributed by atoms with Crippen molar-refractivity contribution in [3.05, 3.63) is 35.4 Å². The first-order chi connectivity index (χ1) is 13.5. The number of carbonyl (C=O) groups excluding carboxylic acids is 1. The fourth-order valence-corrected chi connectivity index (χ4v) is 4.23. The Kier molecular flexibility index (Phi) is 6.60. The highest BCUT2D eigenvalue weighted by atomic mass is 16.3. The minimum absolute atomic E-state index is 0.0211. The largest absolute Gasteiger partial charge is 0.394 e. The van der Waals surface area contributed by atoms with E-state index >= 15 is 0 Å². The zero-order valence-electron chi connectivity index (χ0n) is 16.7. The van der Waals surface area contributed by atoms with Crippen molar-refractivity contribution in [3.8, 4) is 17.9 Å². The average molecular weight is 380 g/mol. The molecule has 3 rings (SSSR count). The van der Waals surface area contributed by atoms with Gasteiger partial charge in [-0.1, -0.05) is 43.2 Å². The van der Waals surface area contributed by atoms with Gasteiger partial charge in [0.05, 0.1) is 18.7 Å². The normalized spacial score (nSPS) is 24.7. The van der Waals surface area contributed by atoms with Gasteiger partial charge in [-0.3, -0.25) is 0 Å². The SMILES string of the molecule is CC(C)NC(=O)N1[C@H](C#N)[C@H](c2ccc(C#CC3CCCCC3)cc2)[C@@H]1CO. The number of nitriles is 1. The Morgan fingerprint density at radius 3 is 2.50 bits per heavy atom. The van der Waals surface area contributed by atoms with Crippen LogP contribution in [0.4, 0.5) is 4.79 Å². The number of hydrogen-bond donors (Lipinski definition) is 2. The highest BCUT2D eigenvalue weighted by molar-refractivity contribution is 5.77. The number of rotatable bonds is 3. The number of nitrogens with one attached hydrogen (secondary N) is 1. The molecular formula is C23H29N3O2. The molecule has 2 aliphatic rings. The number of carbonyl (C=O) groups is 1. The van der Waals surface area contributed by atoms with E-state index in [2.05, 4.69) is 23.2 Å². The summed E-state index contributed by atoms with van der Waals surface area (Å²) in [5.41, 5.74) is 1.93. The van der Waals surface area contributed by atoms with E-state index in [0.29, 0.717) is 5.92 Å². The van der Waals surface area contributed by atoms with Gasteiger partial charge in [-0.15, -0.1) is 0 Å². The van der Waals surface area contributed by atoms with Crippen LogP contribution in [0.25, 0.3) is 0 Å². The number of hydrogen-bond acceptors (Lipinski definition) is 3. The van der Waals surface area contributed by atoms with Gasteiger partial charge in [-0.2, -0.15) is 5.26 Å². The van der Waals surface area contributed by atoms with E-state index in [1.165, 1.54) is 37.0 Å². The number of benzene rings is 1. The van der Waals surface area contributed by atoms with E-state index in [4.69, 9.17) is 0 Å². The summed E-state index contributed by atoms with van der Waals surface area (Å²) >= 11 is 0. The third-order valence-electron chi connectivity index (χ3n) is 5.70. The zero-order valence-corrected chi connectivity index (χ0v) is 16.7. The number of amides is 2. The number of nitrogens with zero attached hydrogens (tertiary/aromatic N) is 2. The van der Waals surface area contributed by atoms with Gasteiger partial charge in [0.1, 0.15) is 6.04 Å². The maximum atomic E-state index is 12.4. The number of urea groups is 1. The van der Waals surface area contributed by atoms with Gasteiger partial charge in [0.2, 0.25) is 0 Å². The summed E-state index contributed by atoms with van der Waals surface area (Å²) < 4.78 is 0. The summed E-state index contributed by atoms with van der Waals surface area (Å²) in [7, 11) is 0. The molecule has 0 unspecified atom stereocenters. The maximum absolute atomic E-state index is 12.4. The Labute approximate surface area is 167 Å². The molecule has 1 aromatic carbocycles. The summed E-state index contributed by atoms with van der Waals surface area (Å²) in [6.07, 6.45) is 6.28. The Hall–Kier alpha value is -2.50. The zero-order chi connectivity index (χ0) is 20.1. The van der Waals surface area contributed by atoms with Gasteiger partial charge < -0.3 is 15.3 Å². The van der Waals surface area contributed by atoms with E-state index in [1.807, 2.05) is 38.1 Å². The lowest BCUT2D eigenvalue weighted by molar-refractivity contribution is 0.0162. The molecule has 0 bridgehead atoms. The van der Waals surface area contributed by atoms with Crippen molar-refractivity contribution >= 4 is 6.03 Å². The number of aliphatic hydroxyl groups excluding tert-OH is 1. The Bertz CT molecular complexity index is 779. The lowest BCUT2D eigenvalue weighted by Gasteiger charge is -2.51. The molecule has 1 aromatic rings. The highest BCUT2D eigenvalue weighted by Crippen LogP contribution is 2.40. The molecule has 1 aliphatic heterocycles. The Morgan fingerprint density at radius 1 is 1.25 bits per heavy atom. The summed E-state index contributed by atoms with van der Waals surface area (Å²) in [5.74, 6) is 6.99. The first kappa shape index (κ1) is 20.2. The van der Waals surface area contributed by atoms with Crippen LogP contribution in [-0.4, -0.2) is 40.8 Å². The molecule has 1 aliphatic carbocycles. The van der Waals surface area contributed by atoms with E-state index in [0.717, 1.165) is 11.1 Å². The van der Waals surface area contributed by atoms with Crippen LogP contribution in [0.1, 0.15) is 63.0 Å². The van der Waals surface area contributed by atoms with Crippen molar-refractivity contribution in [2.24, 2.45) is 5.92 Å². The van der Waals surface area contributed by atoms with Gasteiger partial charge in [-0.05, 0) is 44.4 Å². The van der Waals surface area contributed by atoms with E-state index in [1.54, 1.807) is 0 Å². The lowest BCUT2D eigenvalue weighted by Crippen LogP contribution is -2.67. The molecule has 148 valence electrons.